The van der Waals surface area contributed by atoms with Crippen molar-refractivity contribution in [2.45, 2.75) is 0 Å². The SMILES string of the molecule is c1ccc(-c2ccccc2N(c2ccccc2)c2cc3c4cccc5c4c(cc3c3ccccc23)-c2ccc(N(c3ccccc3-c3ccccc3)c3cccc4c3oc3ccccc34)cc2O5)cc1. The zero-order valence-corrected chi connectivity index (χ0v) is 38.0. The lowest BCUT2D eigenvalue weighted by Crippen LogP contribution is -2.12. The van der Waals surface area contributed by atoms with Gasteiger partial charge in [-0.3, -0.25) is 0 Å². The van der Waals surface area contributed by atoms with Crippen LogP contribution in [0.1, 0.15) is 0 Å². The number of nitrogens with zero attached hydrogens (tertiary/aromatic N) is 2. The van der Waals surface area contributed by atoms with E-state index in [0.29, 0.717) is 0 Å². The van der Waals surface area contributed by atoms with Crippen LogP contribution in [0.5, 0.6) is 11.5 Å². The zero-order valence-electron chi connectivity index (χ0n) is 38.0. The summed E-state index contributed by atoms with van der Waals surface area (Å²) in [5.74, 6) is 1.63. The molecule has 12 aromatic carbocycles. The van der Waals surface area contributed by atoms with E-state index in [1.807, 2.05) is 12.1 Å². The Morgan fingerprint density at radius 1 is 0.271 bits per heavy atom. The molecule has 1 aromatic heterocycles. The standard InChI is InChI=1S/C66H42N2O2/c1-4-20-43(21-5-1)47-26-12-15-33-58(47)67(45-24-8-3-9-25-45)61-42-56-53-31-19-37-63-65(53)57(41-55(56)49-28-10-11-29-50(49)61)52-39-38-46(40-64(52)69-63)68(59-34-16-13-27-48(59)44-22-6-2-7-23-44)60-35-18-32-54-51-30-14-17-36-62(51)70-66(54)60/h1-42H. The number of hydrogen-bond donors (Lipinski definition) is 0. The molecule has 0 saturated carbocycles. The first-order chi connectivity index (χ1) is 34.7. The van der Waals surface area contributed by atoms with Gasteiger partial charge in [0.05, 0.1) is 28.4 Å². The Morgan fingerprint density at radius 3 is 1.54 bits per heavy atom. The lowest BCUT2D eigenvalue weighted by Gasteiger charge is -2.31. The fourth-order valence-electron chi connectivity index (χ4n) is 10.9. The molecular weight excluding hydrogens is 853 g/mol. The van der Waals surface area contributed by atoms with Crippen molar-refractivity contribution in [1.29, 1.82) is 0 Å². The molecule has 2 heterocycles. The summed E-state index contributed by atoms with van der Waals surface area (Å²) in [6.07, 6.45) is 0. The average molecular weight is 895 g/mol. The van der Waals surface area contributed by atoms with E-state index in [4.69, 9.17) is 9.15 Å². The monoisotopic (exact) mass is 894 g/mol. The lowest BCUT2D eigenvalue weighted by molar-refractivity contribution is 0.487. The van der Waals surface area contributed by atoms with Crippen molar-refractivity contribution >= 4 is 88.4 Å². The van der Waals surface area contributed by atoms with Gasteiger partial charge in [-0.1, -0.05) is 182 Å². The lowest BCUT2D eigenvalue weighted by atomic mass is 9.88. The minimum Gasteiger partial charge on any atom is -0.456 e. The van der Waals surface area contributed by atoms with Gasteiger partial charge in [-0.2, -0.15) is 0 Å². The summed E-state index contributed by atoms with van der Waals surface area (Å²) < 4.78 is 13.9. The third-order valence-electron chi connectivity index (χ3n) is 14.0. The molecule has 0 atom stereocenters. The highest BCUT2D eigenvalue weighted by atomic mass is 16.5. The van der Waals surface area contributed by atoms with Gasteiger partial charge in [-0.15, -0.1) is 0 Å². The van der Waals surface area contributed by atoms with E-state index >= 15 is 0 Å². The Labute approximate surface area is 405 Å². The summed E-state index contributed by atoms with van der Waals surface area (Å²) in [7, 11) is 0. The quantitative estimate of drug-likeness (QED) is 0.142. The summed E-state index contributed by atoms with van der Waals surface area (Å²) in [6, 6.07) is 91.0. The molecule has 4 heteroatoms. The summed E-state index contributed by atoms with van der Waals surface area (Å²) in [4.78, 5) is 4.76. The molecular formula is C66H42N2O2. The molecule has 0 radical (unpaired) electrons. The molecule has 0 bridgehead atoms. The number of anilines is 6. The van der Waals surface area contributed by atoms with Gasteiger partial charge in [0.25, 0.3) is 0 Å². The third-order valence-corrected chi connectivity index (χ3v) is 14.0. The zero-order chi connectivity index (χ0) is 46.1. The van der Waals surface area contributed by atoms with Gasteiger partial charge in [0.15, 0.2) is 5.58 Å². The second-order valence-corrected chi connectivity index (χ2v) is 17.9. The summed E-state index contributed by atoms with van der Waals surface area (Å²) >= 11 is 0. The maximum atomic E-state index is 7.12. The first-order valence-corrected chi connectivity index (χ1v) is 23.8. The van der Waals surface area contributed by atoms with E-state index < -0.39 is 0 Å². The van der Waals surface area contributed by atoms with Crippen molar-refractivity contribution in [1.82, 2.24) is 0 Å². The Kier molecular flexibility index (Phi) is 9.17. The number of fused-ring (bicyclic) bond motifs is 9. The molecule has 14 rings (SSSR count). The molecule has 1 aliphatic heterocycles. The van der Waals surface area contributed by atoms with Crippen LogP contribution in [0, 0.1) is 0 Å². The fraction of sp³-hybridized carbons (Fsp3) is 0. The van der Waals surface area contributed by atoms with Crippen LogP contribution in [-0.2, 0) is 0 Å². The summed E-state index contributed by atoms with van der Waals surface area (Å²) in [5, 5.41) is 9.11. The molecule has 70 heavy (non-hydrogen) atoms. The first kappa shape index (κ1) is 39.8. The molecule has 0 fully saturated rings. The highest BCUT2D eigenvalue weighted by Crippen LogP contribution is 2.54. The van der Waals surface area contributed by atoms with Crippen molar-refractivity contribution in [3.63, 3.8) is 0 Å². The van der Waals surface area contributed by atoms with E-state index in [-0.39, 0.29) is 0 Å². The highest BCUT2D eigenvalue weighted by Gasteiger charge is 2.28. The second-order valence-electron chi connectivity index (χ2n) is 17.9. The number of ether oxygens (including phenoxy) is 1. The number of para-hydroxylation sites is 5. The summed E-state index contributed by atoms with van der Waals surface area (Å²) in [5.41, 5.74) is 14.7. The Bertz CT molecular complexity index is 4160. The molecule has 0 N–H and O–H groups in total. The molecule has 0 saturated heterocycles. The first-order valence-electron chi connectivity index (χ1n) is 23.8. The molecule has 0 aliphatic carbocycles. The summed E-state index contributed by atoms with van der Waals surface area (Å²) in [6.45, 7) is 0. The van der Waals surface area contributed by atoms with Crippen LogP contribution in [0.4, 0.5) is 34.1 Å². The van der Waals surface area contributed by atoms with Gasteiger partial charge >= 0.3 is 0 Å². The van der Waals surface area contributed by atoms with Crippen LogP contribution in [0.25, 0.3) is 87.6 Å². The number of hydrogen-bond acceptors (Lipinski definition) is 4. The van der Waals surface area contributed by atoms with E-state index in [1.54, 1.807) is 0 Å². The Balaban J connectivity index is 0.983. The van der Waals surface area contributed by atoms with Crippen molar-refractivity contribution in [2.75, 3.05) is 9.80 Å². The van der Waals surface area contributed by atoms with Gasteiger partial charge in [0, 0.05) is 50.0 Å². The fourth-order valence-corrected chi connectivity index (χ4v) is 10.9. The Morgan fingerprint density at radius 2 is 0.814 bits per heavy atom. The van der Waals surface area contributed by atoms with Crippen LogP contribution < -0.4 is 14.5 Å². The van der Waals surface area contributed by atoms with Crippen molar-refractivity contribution in [3.05, 3.63) is 255 Å². The predicted octanol–water partition coefficient (Wildman–Crippen LogP) is 19.1. The van der Waals surface area contributed by atoms with Gasteiger partial charge < -0.3 is 19.0 Å². The predicted molar refractivity (Wildman–Crippen MR) is 292 cm³/mol. The molecule has 0 spiro atoms. The maximum Gasteiger partial charge on any atom is 0.159 e. The van der Waals surface area contributed by atoms with Crippen molar-refractivity contribution < 1.29 is 9.15 Å². The molecule has 0 amide bonds. The normalized spacial score (nSPS) is 11.8. The minimum absolute atomic E-state index is 0.796. The Hall–Kier alpha value is -9.38. The number of rotatable bonds is 8. The average Bonchev–Trinajstić information content (AvgIpc) is 3.82. The van der Waals surface area contributed by atoms with Gasteiger partial charge in [-0.25, -0.2) is 0 Å². The van der Waals surface area contributed by atoms with Crippen LogP contribution >= 0.6 is 0 Å². The maximum absolute atomic E-state index is 7.12. The van der Waals surface area contributed by atoms with Crippen molar-refractivity contribution in [3.8, 4) is 44.9 Å². The van der Waals surface area contributed by atoms with E-state index in [9.17, 15) is 0 Å². The largest absolute Gasteiger partial charge is 0.456 e. The minimum atomic E-state index is 0.796. The third kappa shape index (κ3) is 6.31. The van der Waals surface area contributed by atoms with Gasteiger partial charge in [0.1, 0.15) is 17.1 Å². The second kappa shape index (κ2) is 16.2. The van der Waals surface area contributed by atoms with Crippen LogP contribution in [-0.4, -0.2) is 0 Å². The topological polar surface area (TPSA) is 28.9 Å². The van der Waals surface area contributed by atoms with Gasteiger partial charge in [-0.05, 0) is 105 Å². The van der Waals surface area contributed by atoms with Crippen LogP contribution in [0.3, 0.4) is 0 Å². The highest BCUT2D eigenvalue weighted by molar-refractivity contribution is 6.26. The molecule has 4 nitrogen and oxygen atoms in total. The van der Waals surface area contributed by atoms with Gasteiger partial charge in [0.2, 0.25) is 0 Å². The van der Waals surface area contributed by atoms with E-state index in [2.05, 4.69) is 252 Å². The molecule has 0 unspecified atom stereocenters. The van der Waals surface area contributed by atoms with E-state index in [0.717, 1.165) is 106 Å². The molecule has 328 valence electrons. The smallest absolute Gasteiger partial charge is 0.159 e. The van der Waals surface area contributed by atoms with E-state index in [1.165, 1.54) is 27.1 Å². The van der Waals surface area contributed by atoms with Crippen LogP contribution in [0.2, 0.25) is 0 Å². The molecule has 1 aliphatic rings. The number of benzene rings is 12. The van der Waals surface area contributed by atoms with Crippen LogP contribution in [0.15, 0.2) is 259 Å². The van der Waals surface area contributed by atoms with Crippen molar-refractivity contribution in [2.24, 2.45) is 0 Å². The molecule has 13 aromatic rings. The number of furan rings is 1.